The number of para-hydroxylation sites is 1. The fourth-order valence-electron chi connectivity index (χ4n) is 7.08. The number of rotatable bonds is 2. The molecule has 0 saturated heterocycles. The summed E-state index contributed by atoms with van der Waals surface area (Å²) >= 11 is 0. The Balaban J connectivity index is 1.31. The molecule has 0 aromatic heterocycles. The average molecular weight is 526 g/mol. The number of nitriles is 1. The number of ether oxygens (including phenoxy) is 1. The van der Waals surface area contributed by atoms with Crippen LogP contribution in [-0.2, 0) is 5.41 Å². The van der Waals surface area contributed by atoms with Crippen LogP contribution >= 0.6 is 0 Å². The zero-order valence-electron chi connectivity index (χ0n) is 22.8. The summed E-state index contributed by atoms with van der Waals surface area (Å²) in [6.45, 7) is 2.30. The Morgan fingerprint density at radius 1 is 0.683 bits per heavy atom. The van der Waals surface area contributed by atoms with Crippen molar-refractivity contribution in [1.29, 1.82) is 5.26 Å². The topological polar surface area (TPSA) is 33.0 Å². The van der Waals surface area contributed by atoms with Crippen LogP contribution in [0, 0.1) is 17.2 Å². The van der Waals surface area contributed by atoms with Gasteiger partial charge in [-0.15, -0.1) is 0 Å². The van der Waals surface area contributed by atoms with Gasteiger partial charge in [-0.2, -0.15) is 5.26 Å². The molecular formula is C39H27NO. The highest BCUT2D eigenvalue weighted by molar-refractivity contribution is 5.91. The van der Waals surface area contributed by atoms with Crippen LogP contribution in [0.4, 0.5) is 0 Å². The quantitative estimate of drug-likeness (QED) is 0.230. The SMILES string of the molecule is C[C@@H]1C=CC2=C(C1)c1ccccc1C21c2ccccc2Oc2ccc(-c3ccc(-c4ccc(C#N)cc4)cc3)cc21. The molecule has 1 unspecified atom stereocenters. The highest BCUT2D eigenvalue weighted by Gasteiger charge is 2.52. The molecule has 8 rings (SSSR count). The standard InChI is InChI=1S/C39H27NO/c1-25-10-20-34-32(22-25)31-6-2-3-7-33(31)39(34)35-8-4-5-9-37(35)41-38-21-19-30(23-36(38)39)29-17-15-28(16-18-29)27-13-11-26(24-40)12-14-27/h2-21,23,25H,22H2,1H3/t25-,39?/m1/s1. The number of fused-ring (bicyclic) bond motifs is 8. The van der Waals surface area contributed by atoms with E-state index in [1.807, 2.05) is 24.3 Å². The van der Waals surface area contributed by atoms with Gasteiger partial charge >= 0.3 is 0 Å². The van der Waals surface area contributed by atoms with Crippen molar-refractivity contribution >= 4 is 5.57 Å². The maximum atomic E-state index is 9.14. The van der Waals surface area contributed by atoms with E-state index in [4.69, 9.17) is 10.00 Å². The number of benzene rings is 5. The van der Waals surface area contributed by atoms with Crippen LogP contribution in [0.25, 0.3) is 27.8 Å². The van der Waals surface area contributed by atoms with Crippen molar-refractivity contribution in [2.24, 2.45) is 5.92 Å². The number of hydrogen-bond acceptors (Lipinski definition) is 2. The minimum Gasteiger partial charge on any atom is -0.457 e. The molecule has 2 aliphatic carbocycles. The van der Waals surface area contributed by atoms with Crippen molar-refractivity contribution in [2.75, 3.05) is 0 Å². The first-order chi connectivity index (χ1) is 20.2. The Labute approximate surface area is 240 Å². The molecule has 5 aromatic rings. The summed E-state index contributed by atoms with van der Waals surface area (Å²) in [4.78, 5) is 0. The first-order valence-electron chi connectivity index (χ1n) is 14.2. The largest absolute Gasteiger partial charge is 0.457 e. The highest BCUT2D eigenvalue weighted by Crippen LogP contribution is 2.63. The van der Waals surface area contributed by atoms with Crippen molar-refractivity contribution in [2.45, 2.75) is 18.8 Å². The van der Waals surface area contributed by atoms with Gasteiger partial charge in [-0.25, -0.2) is 0 Å². The summed E-state index contributed by atoms with van der Waals surface area (Å²) in [5, 5.41) is 9.14. The van der Waals surface area contributed by atoms with E-state index >= 15 is 0 Å². The number of allylic oxidation sites excluding steroid dienone is 4. The molecule has 3 aliphatic rings. The van der Waals surface area contributed by atoms with E-state index in [1.165, 1.54) is 33.4 Å². The fourth-order valence-corrected chi connectivity index (χ4v) is 7.08. The predicted octanol–water partition coefficient (Wildman–Crippen LogP) is 9.70. The molecule has 0 N–H and O–H groups in total. The van der Waals surface area contributed by atoms with Crippen molar-refractivity contribution < 1.29 is 4.74 Å². The van der Waals surface area contributed by atoms with Crippen molar-refractivity contribution in [3.63, 3.8) is 0 Å². The lowest BCUT2D eigenvalue weighted by Gasteiger charge is -2.40. The molecule has 0 amide bonds. The normalized spacial score (nSPS) is 19.6. The molecule has 1 spiro atoms. The van der Waals surface area contributed by atoms with E-state index in [9.17, 15) is 0 Å². The maximum Gasteiger partial charge on any atom is 0.132 e. The van der Waals surface area contributed by atoms with Gasteiger partial charge in [0.1, 0.15) is 11.5 Å². The third-order valence-corrected chi connectivity index (χ3v) is 8.96. The van der Waals surface area contributed by atoms with Crippen LogP contribution in [0.5, 0.6) is 11.5 Å². The average Bonchev–Trinajstić information content (AvgIpc) is 3.31. The second kappa shape index (κ2) is 8.95. The number of nitrogens with zero attached hydrogens (tertiary/aromatic N) is 1. The molecule has 0 saturated carbocycles. The predicted molar refractivity (Wildman–Crippen MR) is 165 cm³/mol. The molecule has 2 nitrogen and oxygen atoms in total. The van der Waals surface area contributed by atoms with Gasteiger partial charge < -0.3 is 4.74 Å². The van der Waals surface area contributed by atoms with E-state index in [0.717, 1.165) is 40.2 Å². The van der Waals surface area contributed by atoms with Gasteiger partial charge in [0.25, 0.3) is 0 Å². The molecule has 0 bridgehead atoms. The minimum absolute atomic E-state index is 0.425. The Hall–Kier alpha value is -5.13. The van der Waals surface area contributed by atoms with Crippen LogP contribution in [-0.4, -0.2) is 0 Å². The summed E-state index contributed by atoms with van der Waals surface area (Å²) in [6.07, 6.45) is 5.80. The van der Waals surface area contributed by atoms with Crippen LogP contribution in [0.2, 0.25) is 0 Å². The zero-order chi connectivity index (χ0) is 27.6. The van der Waals surface area contributed by atoms with Gasteiger partial charge in [-0.1, -0.05) is 104 Å². The summed E-state index contributed by atoms with van der Waals surface area (Å²) in [5.74, 6) is 2.35. The van der Waals surface area contributed by atoms with Crippen molar-refractivity contribution in [3.05, 3.63) is 161 Å². The van der Waals surface area contributed by atoms with Gasteiger partial charge in [-0.3, -0.25) is 0 Å². The van der Waals surface area contributed by atoms with Crippen molar-refractivity contribution in [1.82, 2.24) is 0 Å². The molecule has 5 aromatic carbocycles. The molecule has 0 radical (unpaired) electrons. The smallest absolute Gasteiger partial charge is 0.132 e. The summed E-state index contributed by atoms with van der Waals surface area (Å²) < 4.78 is 6.60. The second-order valence-corrected chi connectivity index (χ2v) is 11.3. The third-order valence-electron chi connectivity index (χ3n) is 8.96. The molecular weight excluding hydrogens is 498 g/mol. The Morgan fingerprint density at radius 2 is 1.29 bits per heavy atom. The Bertz CT molecular complexity index is 1950. The third kappa shape index (κ3) is 3.43. The Morgan fingerprint density at radius 3 is 2.05 bits per heavy atom. The minimum atomic E-state index is -0.425. The van der Waals surface area contributed by atoms with Crippen molar-refractivity contribution in [3.8, 4) is 39.8 Å². The van der Waals surface area contributed by atoms with E-state index in [1.54, 1.807) is 0 Å². The van der Waals surface area contributed by atoms with Gasteiger partial charge in [-0.05, 0) is 87.2 Å². The lowest BCUT2D eigenvalue weighted by atomic mass is 9.64. The molecule has 0 fully saturated rings. The first kappa shape index (κ1) is 23.7. The monoisotopic (exact) mass is 525 g/mol. The second-order valence-electron chi connectivity index (χ2n) is 11.3. The van der Waals surface area contributed by atoms with E-state index in [0.29, 0.717) is 11.5 Å². The first-order valence-corrected chi connectivity index (χ1v) is 14.2. The van der Waals surface area contributed by atoms with E-state index in [2.05, 4.69) is 116 Å². The highest BCUT2D eigenvalue weighted by atomic mass is 16.5. The molecule has 1 heterocycles. The fraction of sp³-hybridized carbons (Fsp3) is 0.103. The van der Waals surface area contributed by atoms with Gasteiger partial charge in [0.15, 0.2) is 0 Å². The molecule has 1 aliphatic heterocycles. The van der Waals surface area contributed by atoms with E-state index < -0.39 is 5.41 Å². The summed E-state index contributed by atoms with van der Waals surface area (Å²) in [5.41, 5.74) is 12.7. The Kier molecular flexibility index (Phi) is 5.18. The van der Waals surface area contributed by atoms with Gasteiger partial charge in [0.2, 0.25) is 0 Å². The molecule has 2 heteroatoms. The summed E-state index contributed by atoms with van der Waals surface area (Å²) in [6, 6.07) is 42.8. The van der Waals surface area contributed by atoms with Crippen LogP contribution in [0.1, 0.15) is 41.2 Å². The lowest BCUT2D eigenvalue weighted by Crippen LogP contribution is -2.33. The zero-order valence-corrected chi connectivity index (χ0v) is 22.8. The molecule has 41 heavy (non-hydrogen) atoms. The van der Waals surface area contributed by atoms with Crippen LogP contribution in [0.15, 0.2) is 133 Å². The molecule has 194 valence electrons. The number of hydrogen-bond donors (Lipinski definition) is 0. The molecule has 2 atom stereocenters. The summed E-state index contributed by atoms with van der Waals surface area (Å²) in [7, 11) is 0. The maximum absolute atomic E-state index is 9.14. The van der Waals surface area contributed by atoms with E-state index in [-0.39, 0.29) is 0 Å². The van der Waals surface area contributed by atoms with Crippen LogP contribution in [0.3, 0.4) is 0 Å². The lowest BCUT2D eigenvalue weighted by molar-refractivity contribution is 0.435. The van der Waals surface area contributed by atoms with Gasteiger partial charge in [0.05, 0.1) is 17.0 Å². The van der Waals surface area contributed by atoms with Gasteiger partial charge in [0, 0.05) is 11.1 Å². The van der Waals surface area contributed by atoms with Crippen LogP contribution < -0.4 is 4.74 Å².